The van der Waals surface area contributed by atoms with Crippen molar-refractivity contribution in [1.82, 2.24) is 0 Å². The standard InChI is InChI=1S/C23H18Cl2N2OS/c24-19-12-11-18(13-20(19)25)26-22-27-21(28)23(29-22,14-16-7-3-1-4-8-16)15-17-9-5-2-6-10-17/h1-13H,14-15H2,(H,26,27,28). The number of anilines is 1. The molecule has 3 aromatic rings. The van der Waals surface area contributed by atoms with E-state index in [0.29, 0.717) is 28.1 Å². The van der Waals surface area contributed by atoms with Gasteiger partial charge >= 0.3 is 0 Å². The Balaban J connectivity index is 1.61. The summed E-state index contributed by atoms with van der Waals surface area (Å²) in [6.45, 7) is 0. The van der Waals surface area contributed by atoms with Crippen molar-refractivity contribution in [2.45, 2.75) is 17.6 Å². The average Bonchev–Trinajstić information content (AvgIpc) is 3.00. The van der Waals surface area contributed by atoms with Crippen LogP contribution < -0.4 is 5.32 Å². The van der Waals surface area contributed by atoms with Gasteiger partial charge in [-0.2, -0.15) is 4.99 Å². The molecule has 0 bridgehead atoms. The largest absolute Gasteiger partial charge is 0.335 e. The molecule has 0 radical (unpaired) electrons. The molecule has 0 aromatic heterocycles. The van der Waals surface area contributed by atoms with Gasteiger partial charge in [0.25, 0.3) is 5.91 Å². The van der Waals surface area contributed by atoms with Crippen LogP contribution in [0.3, 0.4) is 0 Å². The van der Waals surface area contributed by atoms with Crippen LogP contribution in [0, 0.1) is 0 Å². The highest BCUT2D eigenvalue weighted by atomic mass is 35.5. The minimum atomic E-state index is -0.693. The van der Waals surface area contributed by atoms with Crippen molar-refractivity contribution in [2.24, 2.45) is 4.99 Å². The van der Waals surface area contributed by atoms with Crippen LogP contribution >= 0.6 is 35.0 Å². The highest BCUT2D eigenvalue weighted by Gasteiger charge is 2.45. The minimum Gasteiger partial charge on any atom is -0.335 e. The molecule has 29 heavy (non-hydrogen) atoms. The van der Waals surface area contributed by atoms with Gasteiger partial charge in [0, 0.05) is 5.69 Å². The molecule has 1 amide bonds. The van der Waals surface area contributed by atoms with Gasteiger partial charge in [-0.1, -0.05) is 95.6 Å². The first-order valence-electron chi connectivity index (χ1n) is 9.16. The zero-order chi connectivity index (χ0) is 20.3. The van der Waals surface area contributed by atoms with E-state index in [1.807, 2.05) is 66.7 Å². The lowest BCUT2D eigenvalue weighted by atomic mass is 9.91. The molecule has 0 unspecified atom stereocenters. The lowest BCUT2D eigenvalue weighted by Gasteiger charge is -2.26. The van der Waals surface area contributed by atoms with E-state index in [1.54, 1.807) is 12.1 Å². The Bertz CT molecular complexity index is 1010. The number of amides is 1. The third-order valence-corrected chi connectivity index (χ3v) is 6.70. The van der Waals surface area contributed by atoms with Crippen molar-refractivity contribution in [3.8, 4) is 0 Å². The van der Waals surface area contributed by atoms with Crippen LogP contribution in [0.2, 0.25) is 10.0 Å². The number of halogens is 2. The van der Waals surface area contributed by atoms with Crippen LogP contribution in [0.5, 0.6) is 0 Å². The molecular weight excluding hydrogens is 423 g/mol. The minimum absolute atomic E-state index is 0.127. The first-order chi connectivity index (χ1) is 14.0. The van der Waals surface area contributed by atoms with E-state index < -0.39 is 4.75 Å². The van der Waals surface area contributed by atoms with E-state index in [-0.39, 0.29) is 5.91 Å². The number of nitrogens with one attached hydrogen (secondary N) is 1. The first kappa shape index (κ1) is 20.0. The van der Waals surface area contributed by atoms with Gasteiger partial charge in [0.2, 0.25) is 0 Å². The van der Waals surface area contributed by atoms with Crippen LogP contribution in [-0.2, 0) is 17.6 Å². The van der Waals surface area contributed by atoms with Crippen LogP contribution in [-0.4, -0.2) is 15.8 Å². The highest BCUT2D eigenvalue weighted by Crippen LogP contribution is 2.40. The normalized spacial score (nSPS) is 15.2. The molecule has 1 aliphatic rings. The van der Waals surface area contributed by atoms with E-state index in [0.717, 1.165) is 16.8 Å². The number of carbonyl (C=O) groups excluding carboxylic acids is 1. The molecule has 0 atom stereocenters. The maximum atomic E-state index is 13.1. The van der Waals surface area contributed by atoms with Gasteiger partial charge in [0.15, 0.2) is 5.17 Å². The number of hydrogen-bond donors (Lipinski definition) is 1. The predicted octanol–water partition coefficient (Wildman–Crippen LogP) is 6.26. The lowest BCUT2D eigenvalue weighted by molar-refractivity contribution is -0.119. The molecule has 6 heteroatoms. The number of hydrogen-bond acceptors (Lipinski definition) is 3. The molecule has 3 nitrogen and oxygen atoms in total. The molecule has 146 valence electrons. The summed E-state index contributed by atoms with van der Waals surface area (Å²) in [6.07, 6.45) is 1.20. The molecule has 0 saturated heterocycles. The molecule has 0 saturated carbocycles. The van der Waals surface area contributed by atoms with Crippen LogP contribution in [0.4, 0.5) is 5.69 Å². The van der Waals surface area contributed by atoms with Crippen molar-refractivity contribution in [3.05, 3.63) is 100 Å². The average molecular weight is 441 g/mol. The Morgan fingerprint density at radius 2 is 1.41 bits per heavy atom. The zero-order valence-electron chi connectivity index (χ0n) is 15.4. The highest BCUT2D eigenvalue weighted by molar-refractivity contribution is 8.16. The second-order valence-corrected chi connectivity index (χ2v) is 9.08. The molecule has 0 fully saturated rings. The predicted molar refractivity (Wildman–Crippen MR) is 123 cm³/mol. The summed E-state index contributed by atoms with van der Waals surface area (Å²) in [5.41, 5.74) is 2.96. The van der Waals surface area contributed by atoms with Crippen molar-refractivity contribution >= 4 is 51.7 Å². The molecule has 1 N–H and O–H groups in total. The van der Waals surface area contributed by atoms with Gasteiger partial charge in [0.05, 0.1) is 10.0 Å². The fourth-order valence-corrected chi connectivity index (χ4v) is 4.91. The van der Waals surface area contributed by atoms with Gasteiger partial charge in [-0.05, 0) is 42.2 Å². The molecule has 3 aromatic carbocycles. The van der Waals surface area contributed by atoms with Crippen LogP contribution in [0.1, 0.15) is 11.1 Å². The van der Waals surface area contributed by atoms with Crippen molar-refractivity contribution in [3.63, 3.8) is 0 Å². The quantitative estimate of drug-likeness (QED) is 0.508. The Morgan fingerprint density at radius 1 is 0.828 bits per heavy atom. The molecular formula is C23H18Cl2N2OS. The summed E-state index contributed by atoms with van der Waals surface area (Å²) in [5, 5.41) is 4.72. The Morgan fingerprint density at radius 3 is 1.97 bits per heavy atom. The van der Waals surface area contributed by atoms with Crippen molar-refractivity contribution in [2.75, 3.05) is 5.32 Å². The molecule has 0 aliphatic carbocycles. The number of thioether (sulfide) groups is 1. The maximum absolute atomic E-state index is 13.1. The van der Waals surface area contributed by atoms with Crippen molar-refractivity contribution in [1.29, 1.82) is 0 Å². The second kappa shape index (κ2) is 8.62. The van der Waals surface area contributed by atoms with Gasteiger partial charge in [0.1, 0.15) is 4.75 Å². The molecule has 0 spiro atoms. The van der Waals surface area contributed by atoms with Gasteiger partial charge in [-0.3, -0.25) is 4.79 Å². The first-order valence-corrected chi connectivity index (χ1v) is 10.7. The molecule has 4 rings (SSSR count). The molecule has 1 heterocycles. The maximum Gasteiger partial charge on any atom is 0.265 e. The Kier molecular flexibility index (Phi) is 5.95. The van der Waals surface area contributed by atoms with Gasteiger partial charge < -0.3 is 5.32 Å². The number of aliphatic imine (C=N–C) groups is 1. The van der Waals surface area contributed by atoms with Gasteiger partial charge in [-0.25, -0.2) is 0 Å². The van der Waals surface area contributed by atoms with Crippen LogP contribution in [0.25, 0.3) is 0 Å². The fraction of sp³-hybridized carbons (Fsp3) is 0.130. The second-order valence-electron chi connectivity index (χ2n) is 6.90. The third-order valence-electron chi connectivity index (χ3n) is 4.72. The number of amidine groups is 1. The third kappa shape index (κ3) is 4.67. The summed E-state index contributed by atoms with van der Waals surface area (Å²) in [6, 6.07) is 25.4. The van der Waals surface area contributed by atoms with E-state index in [2.05, 4.69) is 10.3 Å². The summed E-state index contributed by atoms with van der Waals surface area (Å²) in [7, 11) is 0. The monoisotopic (exact) mass is 440 g/mol. The Labute approximate surface area is 184 Å². The number of carbonyl (C=O) groups is 1. The number of nitrogens with zero attached hydrogens (tertiary/aromatic N) is 1. The van der Waals surface area contributed by atoms with Gasteiger partial charge in [-0.15, -0.1) is 0 Å². The summed E-state index contributed by atoms with van der Waals surface area (Å²) >= 11 is 13.6. The van der Waals surface area contributed by atoms with Crippen LogP contribution in [0.15, 0.2) is 83.9 Å². The van der Waals surface area contributed by atoms with E-state index in [4.69, 9.17) is 23.2 Å². The lowest BCUT2D eigenvalue weighted by Crippen LogP contribution is -2.36. The van der Waals surface area contributed by atoms with E-state index >= 15 is 0 Å². The molecule has 1 aliphatic heterocycles. The summed E-state index contributed by atoms with van der Waals surface area (Å²) in [5.74, 6) is -0.127. The SMILES string of the molecule is O=C1N=C(Nc2ccc(Cl)c(Cl)c2)SC1(Cc1ccccc1)Cc1ccccc1. The van der Waals surface area contributed by atoms with E-state index in [1.165, 1.54) is 11.8 Å². The fourth-order valence-electron chi connectivity index (χ4n) is 3.33. The summed E-state index contributed by atoms with van der Waals surface area (Å²) < 4.78 is -0.693. The topological polar surface area (TPSA) is 41.5 Å². The van der Waals surface area contributed by atoms with Crippen molar-refractivity contribution < 1.29 is 4.79 Å². The van der Waals surface area contributed by atoms with E-state index in [9.17, 15) is 4.79 Å². The smallest absolute Gasteiger partial charge is 0.265 e. The number of benzene rings is 3. The summed E-state index contributed by atoms with van der Waals surface area (Å²) in [4.78, 5) is 17.5. The Hall–Kier alpha value is -2.27. The zero-order valence-corrected chi connectivity index (χ0v) is 17.8. The number of rotatable bonds is 5.